The summed E-state index contributed by atoms with van der Waals surface area (Å²) in [5, 5.41) is 3.55. The van der Waals surface area contributed by atoms with Crippen LogP contribution >= 0.6 is 11.6 Å². The summed E-state index contributed by atoms with van der Waals surface area (Å²) >= 11 is 6.13. The molecule has 1 saturated heterocycles. The first-order valence-corrected chi connectivity index (χ1v) is 9.45. The van der Waals surface area contributed by atoms with Crippen LogP contribution in [0.3, 0.4) is 0 Å². The van der Waals surface area contributed by atoms with Gasteiger partial charge in [0.05, 0.1) is 23.8 Å². The molecule has 1 fully saturated rings. The fourth-order valence-electron chi connectivity index (χ4n) is 3.62. The first-order valence-electron chi connectivity index (χ1n) is 9.07. The molecular formula is C21H26ClN2O+. The number of carbonyl (C=O) groups excluding carboxylic acids is 1. The smallest absolute Gasteiger partial charge is 0.282 e. The molecule has 4 heteroatoms. The third-order valence-corrected chi connectivity index (χ3v) is 5.58. The predicted molar refractivity (Wildman–Crippen MR) is 103 cm³/mol. The topological polar surface area (TPSA) is 33.5 Å². The standard InChI is InChI=1S/C21H25ClN2O/c1-16(21(25)23-20-10-6-5-9-19(20)22)24-13-11-18(12-14-24)15-17-7-3-2-4-8-17/h2-10,16,18H,11-15H2,1H3,(H,23,25)/p+1/t16-/m1/s1. The van der Waals surface area contributed by atoms with E-state index < -0.39 is 0 Å². The van der Waals surface area contributed by atoms with Crippen molar-refractivity contribution in [3.8, 4) is 0 Å². The van der Waals surface area contributed by atoms with Crippen LogP contribution in [0.25, 0.3) is 0 Å². The maximum Gasteiger partial charge on any atom is 0.282 e. The lowest BCUT2D eigenvalue weighted by molar-refractivity contribution is -0.919. The van der Waals surface area contributed by atoms with Gasteiger partial charge in [-0.3, -0.25) is 4.79 Å². The Hall–Kier alpha value is -1.84. The summed E-state index contributed by atoms with van der Waals surface area (Å²) < 4.78 is 0. The highest BCUT2D eigenvalue weighted by atomic mass is 35.5. The van der Waals surface area contributed by atoms with E-state index in [9.17, 15) is 4.79 Å². The van der Waals surface area contributed by atoms with E-state index in [-0.39, 0.29) is 11.9 Å². The molecule has 0 bridgehead atoms. The summed E-state index contributed by atoms with van der Waals surface area (Å²) in [5.74, 6) is 0.773. The maximum atomic E-state index is 12.5. The zero-order valence-electron chi connectivity index (χ0n) is 14.7. The number of nitrogens with one attached hydrogen (secondary N) is 2. The summed E-state index contributed by atoms with van der Waals surface area (Å²) in [6.45, 7) is 4.11. The number of halogens is 1. The first-order chi connectivity index (χ1) is 12.1. The summed E-state index contributed by atoms with van der Waals surface area (Å²) in [7, 11) is 0. The lowest BCUT2D eigenvalue weighted by Gasteiger charge is -2.32. The Morgan fingerprint density at radius 3 is 2.44 bits per heavy atom. The largest absolute Gasteiger partial charge is 0.325 e. The minimum Gasteiger partial charge on any atom is -0.325 e. The van der Waals surface area contributed by atoms with Crippen molar-refractivity contribution in [3.63, 3.8) is 0 Å². The fraction of sp³-hybridized carbons (Fsp3) is 0.381. The number of anilines is 1. The molecule has 0 radical (unpaired) electrons. The number of rotatable bonds is 5. The zero-order valence-corrected chi connectivity index (χ0v) is 15.4. The molecule has 1 heterocycles. The molecule has 25 heavy (non-hydrogen) atoms. The van der Waals surface area contributed by atoms with Gasteiger partial charge in [0.1, 0.15) is 0 Å². The van der Waals surface area contributed by atoms with Crippen LogP contribution < -0.4 is 10.2 Å². The van der Waals surface area contributed by atoms with Gasteiger partial charge in [-0.1, -0.05) is 54.1 Å². The molecule has 2 aromatic rings. The van der Waals surface area contributed by atoms with Crippen LogP contribution in [0.15, 0.2) is 54.6 Å². The number of benzene rings is 2. The summed E-state index contributed by atoms with van der Waals surface area (Å²) in [4.78, 5) is 13.9. The molecule has 1 atom stereocenters. The highest BCUT2D eigenvalue weighted by Crippen LogP contribution is 2.20. The predicted octanol–water partition coefficient (Wildman–Crippen LogP) is 3.20. The molecule has 1 aliphatic heterocycles. The number of likely N-dealkylation sites (tertiary alicyclic amines) is 1. The van der Waals surface area contributed by atoms with E-state index in [1.165, 1.54) is 23.3 Å². The number of carbonyl (C=O) groups is 1. The Labute approximate surface area is 155 Å². The normalized spacial score (nSPS) is 21.5. The molecule has 2 N–H and O–H groups in total. The van der Waals surface area contributed by atoms with Crippen LogP contribution in [0.5, 0.6) is 0 Å². The molecular weight excluding hydrogens is 332 g/mol. The Morgan fingerprint density at radius 1 is 1.12 bits per heavy atom. The second-order valence-electron chi connectivity index (χ2n) is 6.98. The summed E-state index contributed by atoms with van der Waals surface area (Å²) in [5.41, 5.74) is 2.11. The van der Waals surface area contributed by atoms with Crippen LogP contribution in [0.4, 0.5) is 5.69 Å². The van der Waals surface area contributed by atoms with Gasteiger partial charge >= 0.3 is 0 Å². The zero-order chi connectivity index (χ0) is 17.6. The Balaban J connectivity index is 1.50. The molecule has 0 aromatic heterocycles. The van der Waals surface area contributed by atoms with Crippen LogP contribution in [-0.4, -0.2) is 25.0 Å². The molecule has 3 rings (SSSR count). The van der Waals surface area contributed by atoms with Crippen molar-refractivity contribution in [1.82, 2.24) is 0 Å². The molecule has 0 aliphatic carbocycles. The van der Waals surface area contributed by atoms with Crippen LogP contribution in [-0.2, 0) is 11.2 Å². The van der Waals surface area contributed by atoms with Crippen molar-refractivity contribution in [2.75, 3.05) is 18.4 Å². The number of hydrogen-bond donors (Lipinski definition) is 2. The van der Waals surface area contributed by atoms with Gasteiger partial charge in [-0.05, 0) is 49.8 Å². The quantitative estimate of drug-likeness (QED) is 0.846. The van der Waals surface area contributed by atoms with Gasteiger partial charge < -0.3 is 10.2 Å². The third-order valence-electron chi connectivity index (χ3n) is 5.25. The van der Waals surface area contributed by atoms with Crippen molar-refractivity contribution in [1.29, 1.82) is 0 Å². The van der Waals surface area contributed by atoms with Gasteiger partial charge in [-0.2, -0.15) is 0 Å². The average molecular weight is 358 g/mol. The van der Waals surface area contributed by atoms with Crippen molar-refractivity contribution in [2.24, 2.45) is 5.92 Å². The van der Waals surface area contributed by atoms with Crippen molar-refractivity contribution >= 4 is 23.2 Å². The van der Waals surface area contributed by atoms with Gasteiger partial charge in [-0.15, -0.1) is 0 Å². The number of quaternary nitrogens is 1. The van der Waals surface area contributed by atoms with E-state index in [2.05, 4.69) is 35.6 Å². The van der Waals surface area contributed by atoms with Crippen LogP contribution in [0.2, 0.25) is 5.02 Å². The number of amides is 1. The Kier molecular flexibility index (Phi) is 6.11. The lowest BCUT2D eigenvalue weighted by atomic mass is 9.89. The molecule has 1 aliphatic rings. The minimum atomic E-state index is -0.0612. The molecule has 1 amide bonds. The van der Waals surface area contributed by atoms with Gasteiger partial charge in [0.2, 0.25) is 0 Å². The molecule has 0 spiro atoms. The van der Waals surface area contributed by atoms with Gasteiger partial charge in [-0.25, -0.2) is 0 Å². The molecule has 132 valence electrons. The van der Waals surface area contributed by atoms with E-state index in [0.717, 1.165) is 25.4 Å². The summed E-state index contributed by atoms with van der Waals surface area (Å²) in [6.07, 6.45) is 3.50. The first kappa shape index (κ1) is 18.0. The Bertz CT molecular complexity index is 696. The van der Waals surface area contributed by atoms with Gasteiger partial charge in [0.15, 0.2) is 6.04 Å². The second-order valence-corrected chi connectivity index (χ2v) is 7.39. The monoisotopic (exact) mass is 357 g/mol. The van der Waals surface area contributed by atoms with E-state index in [0.29, 0.717) is 10.7 Å². The molecule has 0 unspecified atom stereocenters. The maximum absolute atomic E-state index is 12.5. The number of para-hydroxylation sites is 1. The highest BCUT2D eigenvalue weighted by Gasteiger charge is 2.30. The summed E-state index contributed by atoms with van der Waals surface area (Å²) in [6, 6.07) is 18.0. The second kappa shape index (κ2) is 8.50. The van der Waals surface area contributed by atoms with Gasteiger partial charge in [0, 0.05) is 0 Å². The molecule has 3 nitrogen and oxygen atoms in total. The van der Waals surface area contributed by atoms with E-state index >= 15 is 0 Å². The third kappa shape index (κ3) is 4.83. The van der Waals surface area contributed by atoms with E-state index in [1.54, 1.807) is 6.07 Å². The van der Waals surface area contributed by atoms with Crippen LogP contribution in [0.1, 0.15) is 25.3 Å². The minimum absolute atomic E-state index is 0.0459. The van der Waals surface area contributed by atoms with E-state index in [1.807, 2.05) is 25.1 Å². The van der Waals surface area contributed by atoms with Crippen molar-refractivity contribution < 1.29 is 9.69 Å². The number of hydrogen-bond acceptors (Lipinski definition) is 1. The van der Waals surface area contributed by atoms with Gasteiger partial charge in [0.25, 0.3) is 5.91 Å². The number of piperidine rings is 1. The average Bonchev–Trinajstić information content (AvgIpc) is 2.64. The molecule has 0 saturated carbocycles. The van der Waals surface area contributed by atoms with E-state index in [4.69, 9.17) is 11.6 Å². The van der Waals surface area contributed by atoms with Crippen molar-refractivity contribution in [2.45, 2.75) is 32.2 Å². The van der Waals surface area contributed by atoms with Crippen LogP contribution in [0, 0.1) is 5.92 Å². The fourth-order valence-corrected chi connectivity index (χ4v) is 3.80. The SMILES string of the molecule is C[C@H](C(=O)Nc1ccccc1Cl)[NH+]1CCC(Cc2ccccc2)CC1. The lowest BCUT2D eigenvalue weighted by Crippen LogP contribution is -3.17. The molecule has 2 aromatic carbocycles. The highest BCUT2D eigenvalue weighted by molar-refractivity contribution is 6.33. The van der Waals surface area contributed by atoms with Crippen molar-refractivity contribution in [3.05, 3.63) is 65.2 Å². The Morgan fingerprint density at radius 2 is 1.76 bits per heavy atom.